The smallest absolute Gasteiger partial charge is 0.183 e. The number of thiazole rings is 1. The Labute approximate surface area is 105 Å². The molecule has 0 amide bonds. The van der Waals surface area contributed by atoms with Gasteiger partial charge in [-0.1, -0.05) is 11.6 Å². The molecule has 1 aliphatic rings. The van der Waals surface area contributed by atoms with E-state index in [2.05, 4.69) is 22.2 Å². The van der Waals surface area contributed by atoms with Crippen molar-refractivity contribution in [2.75, 3.05) is 20.1 Å². The fourth-order valence-corrected chi connectivity index (χ4v) is 2.79. The van der Waals surface area contributed by atoms with Gasteiger partial charge in [-0.3, -0.25) is 4.90 Å². The number of hydrogen-bond acceptors (Lipinski definition) is 4. The van der Waals surface area contributed by atoms with E-state index in [1.807, 2.05) is 6.20 Å². The van der Waals surface area contributed by atoms with Crippen LogP contribution in [0.4, 0.5) is 0 Å². The lowest BCUT2D eigenvalue weighted by atomic mass is 10.2. The van der Waals surface area contributed by atoms with E-state index < -0.39 is 0 Å². The summed E-state index contributed by atoms with van der Waals surface area (Å²) in [7, 11) is 2.16. The molecule has 86 valence electrons. The zero-order valence-electron chi connectivity index (χ0n) is 8.57. The van der Waals surface area contributed by atoms with Gasteiger partial charge in [0.15, 0.2) is 4.47 Å². The SMILES string of the molecule is CN(Cc1cnc(Cl)s1)C1CCNC1.Cl. The number of hydrogen-bond donors (Lipinski definition) is 1. The van der Waals surface area contributed by atoms with Gasteiger partial charge in [0, 0.05) is 30.2 Å². The third kappa shape index (κ3) is 3.57. The Bertz CT molecular complexity index is 299. The minimum Gasteiger partial charge on any atom is -0.315 e. The molecule has 1 N–H and O–H groups in total. The minimum absolute atomic E-state index is 0. The molecule has 3 nitrogen and oxygen atoms in total. The van der Waals surface area contributed by atoms with Crippen LogP contribution < -0.4 is 5.32 Å². The Hall–Kier alpha value is 0.130. The van der Waals surface area contributed by atoms with Crippen molar-refractivity contribution in [3.8, 4) is 0 Å². The lowest BCUT2D eigenvalue weighted by molar-refractivity contribution is 0.251. The van der Waals surface area contributed by atoms with E-state index in [1.54, 1.807) is 11.3 Å². The second-order valence-electron chi connectivity index (χ2n) is 3.64. The number of likely N-dealkylation sites (N-methyl/N-ethyl adjacent to an activating group) is 1. The molecular weight excluding hydrogens is 253 g/mol. The lowest BCUT2D eigenvalue weighted by Gasteiger charge is -2.22. The summed E-state index contributed by atoms with van der Waals surface area (Å²) >= 11 is 7.35. The predicted octanol–water partition coefficient (Wildman–Crippen LogP) is 2.01. The summed E-state index contributed by atoms with van der Waals surface area (Å²) in [4.78, 5) is 7.64. The third-order valence-electron chi connectivity index (χ3n) is 2.59. The zero-order chi connectivity index (χ0) is 9.97. The van der Waals surface area contributed by atoms with Gasteiger partial charge >= 0.3 is 0 Å². The van der Waals surface area contributed by atoms with Gasteiger partial charge in [0.2, 0.25) is 0 Å². The monoisotopic (exact) mass is 267 g/mol. The summed E-state index contributed by atoms with van der Waals surface area (Å²) in [6.07, 6.45) is 3.11. The van der Waals surface area contributed by atoms with Gasteiger partial charge < -0.3 is 5.32 Å². The molecule has 1 saturated heterocycles. The normalized spacial score (nSPS) is 20.6. The molecule has 15 heavy (non-hydrogen) atoms. The molecule has 0 spiro atoms. The van der Waals surface area contributed by atoms with Crippen LogP contribution in [-0.2, 0) is 6.54 Å². The first-order valence-electron chi connectivity index (χ1n) is 4.77. The molecule has 0 aromatic carbocycles. The Morgan fingerprint density at radius 1 is 1.73 bits per heavy atom. The third-order valence-corrected chi connectivity index (χ3v) is 3.69. The van der Waals surface area contributed by atoms with Crippen molar-refractivity contribution in [1.29, 1.82) is 0 Å². The molecule has 2 rings (SSSR count). The fourth-order valence-electron chi connectivity index (χ4n) is 1.75. The van der Waals surface area contributed by atoms with E-state index in [0.717, 1.165) is 19.6 Å². The highest BCUT2D eigenvalue weighted by molar-refractivity contribution is 7.15. The predicted molar refractivity (Wildman–Crippen MR) is 67.1 cm³/mol. The van der Waals surface area contributed by atoms with E-state index in [-0.39, 0.29) is 12.4 Å². The van der Waals surface area contributed by atoms with Crippen LogP contribution in [0.1, 0.15) is 11.3 Å². The highest BCUT2D eigenvalue weighted by Crippen LogP contribution is 2.20. The molecule has 0 radical (unpaired) electrons. The maximum absolute atomic E-state index is 5.78. The van der Waals surface area contributed by atoms with Crippen LogP contribution in [-0.4, -0.2) is 36.1 Å². The fraction of sp³-hybridized carbons (Fsp3) is 0.667. The average molecular weight is 268 g/mol. The van der Waals surface area contributed by atoms with Crippen LogP contribution in [0.5, 0.6) is 0 Å². The topological polar surface area (TPSA) is 28.2 Å². The highest BCUT2D eigenvalue weighted by atomic mass is 35.5. The van der Waals surface area contributed by atoms with Gasteiger partial charge in [0.25, 0.3) is 0 Å². The molecule has 0 aliphatic carbocycles. The highest BCUT2D eigenvalue weighted by Gasteiger charge is 2.19. The van der Waals surface area contributed by atoms with Crippen molar-refractivity contribution in [3.05, 3.63) is 15.5 Å². The van der Waals surface area contributed by atoms with E-state index in [0.29, 0.717) is 10.5 Å². The summed E-state index contributed by atoms with van der Waals surface area (Å²) in [5.41, 5.74) is 0. The van der Waals surface area contributed by atoms with Gasteiger partial charge in [-0.15, -0.1) is 23.7 Å². The maximum Gasteiger partial charge on any atom is 0.183 e. The van der Waals surface area contributed by atoms with Gasteiger partial charge in [-0.2, -0.15) is 0 Å². The van der Waals surface area contributed by atoms with Crippen LogP contribution in [0.25, 0.3) is 0 Å². The molecule has 1 fully saturated rings. The molecule has 0 bridgehead atoms. The van der Waals surface area contributed by atoms with Crippen LogP contribution >= 0.6 is 35.3 Å². The Morgan fingerprint density at radius 3 is 3.07 bits per heavy atom. The van der Waals surface area contributed by atoms with Gasteiger partial charge in [0.05, 0.1) is 0 Å². The molecule has 1 atom stereocenters. The van der Waals surface area contributed by atoms with Gasteiger partial charge in [-0.05, 0) is 20.0 Å². The quantitative estimate of drug-likeness (QED) is 0.909. The van der Waals surface area contributed by atoms with E-state index in [1.165, 1.54) is 11.3 Å². The van der Waals surface area contributed by atoms with Crippen molar-refractivity contribution < 1.29 is 0 Å². The molecular formula is C9H15Cl2N3S. The Kier molecular flexibility index (Phi) is 5.29. The number of nitrogens with zero attached hydrogens (tertiary/aromatic N) is 2. The second kappa shape index (κ2) is 6.01. The standard InChI is InChI=1S/C9H14ClN3S.ClH/c1-13(7-2-3-11-4-7)6-8-5-12-9(10)14-8;/h5,7,11H,2-4,6H2,1H3;1H. The zero-order valence-corrected chi connectivity index (χ0v) is 11.0. The Balaban J connectivity index is 0.00000112. The average Bonchev–Trinajstić information content (AvgIpc) is 2.75. The summed E-state index contributed by atoms with van der Waals surface area (Å²) in [6.45, 7) is 3.19. The first-order valence-corrected chi connectivity index (χ1v) is 5.96. The van der Waals surface area contributed by atoms with Crippen LogP contribution in [0, 0.1) is 0 Å². The van der Waals surface area contributed by atoms with Gasteiger partial charge in [-0.25, -0.2) is 4.98 Å². The Morgan fingerprint density at radius 2 is 2.53 bits per heavy atom. The van der Waals surface area contributed by atoms with Crippen molar-refractivity contribution >= 4 is 35.3 Å². The second-order valence-corrected chi connectivity index (χ2v) is 5.34. The van der Waals surface area contributed by atoms with Crippen LogP contribution in [0.15, 0.2) is 6.20 Å². The van der Waals surface area contributed by atoms with Crippen molar-refractivity contribution in [3.63, 3.8) is 0 Å². The van der Waals surface area contributed by atoms with Crippen molar-refractivity contribution in [2.45, 2.75) is 19.0 Å². The van der Waals surface area contributed by atoms with E-state index in [4.69, 9.17) is 11.6 Å². The maximum atomic E-state index is 5.78. The number of rotatable bonds is 3. The molecule has 2 heterocycles. The molecule has 6 heteroatoms. The molecule has 1 aromatic heterocycles. The molecule has 0 saturated carbocycles. The lowest BCUT2D eigenvalue weighted by Crippen LogP contribution is -2.32. The van der Waals surface area contributed by atoms with Gasteiger partial charge in [0.1, 0.15) is 0 Å². The van der Waals surface area contributed by atoms with Crippen molar-refractivity contribution in [1.82, 2.24) is 15.2 Å². The largest absolute Gasteiger partial charge is 0.315 e. The van der Waals surface area contributed by atoms with Crippen LogP contribution in [0.2, 0.25) is 4.47 Å². The summed E-state index contributed by atoms with van der Waals surface area (Å²) in [5, 5.41) is 3.36. The molecule has 1 aliphatic heterocycles. The van der Waals surface area contributed by atoms with Crippen LogP contribution in [0.3, 0.4) is 0 Å². The van der Waals surface area contributed by atoms with Crippen molar-refractivity contribution in [2.24, 2.45) is 0 Å². The summed E-state index contributed by atoms with van der Waals surface area (Å²) in [5.74, 6) is 0. The van der Waals surface area contributed by atoms with E-state index in [9.17, 15) is 0 Å². The molecule has 1 aromatic rings. The molecule has 1 unspecified atom stereocenters. The number of aromatic nitrogens is 1. The first kappa shape index (κ1) is 13.2. The van der Waals surface area contributed by atoms with E-state index >= 15 is 0 Å². The first-order chi connectivity index (χ1) is 6.75. The summed E-state index contributed by atoms with van der Waals surface area (Å²) in [6, 6.07) is 0.663. The number of halogens is 2. The number of nitrogens with one attached hydrogen (secondary N) is 1. The minimum atomic E-state index is 0. The summed E-state index contributed by atoms with van der Waals surface area (Å²) < 4.78 is 0.637.